The maximum absolute atomic E-state index is 9.27. The monoisotopic (exact) mass is 159 g/mol. The van der Waals surface area contributed by atoms with Crippen LogP contribution in [0.1, 0.15) is 26.2 Å². The van der Waals surface area contributed by atoms with Crippen molar-refractivity contribution in [3.8, 4) is 0 Å². The quantitative estimate of drug-likeness (QED) is 0.608. The van der Waals surface area contributed by atoms with Crippen molar-refractivity contribution in [2.24, 2.45) is 5.73 Å². The molecule has 3 heteroatoms. The molecule has 1 heterocycles. The fourth-order valence-corrected chi connectivity index (χ4v) is 1.44. The van der Waals surface area contributed by atoms with Gasteiger partial charge in [0.25, 0.3) is 0 Å². The zero-order valence-electron chi connectivity index (χ0n) is 6.99. The molecule has 3 atom stereocenters. The highest BCUT2D eigenvalue weighted by atomic mass is 16.5. The van der Waals surface area contributed by atoms with Crippen LogP contribution >= 0.6 is 0 Å². The molecule has 1 saturated heterocycles. The Morgan fingerprint density at radius 3 is 3.00 bits per heavy atom. The van der Waals surface area contributed by atoms with Gasteiger partial charge in [-0.3, -0.25) is 0 Å². The number of aliphatic hydroxyl groups excluding tert-OH is 1. The summed E-state index contributed by atoms with van der Waals surface area (Å²) in [4.78, 5) is 0. The standard InChI is InChI=1S/C8H17NO2/c1-6(9)4-8-5-7(10)2-3-11-8/h6-8,10H,2-5,9H2,1H3. The molecule has 0 bridgehead atoms. The Labute approximate surface area is 67.5 Å². The van der Waals surface area contributed by atoms with Crippen LogP contribution in [0.25, 0.3) is 0 Å². The van der Waals surface area contributed by atoms with E-state index in [1.54, 1.807) is 0 Å². The SMILES string of the molecule is CC(N)CC1CC(O)CCO1. The van der Waals surface area contributed by atoms with Gasteiger partial charge in [-0.05, 0) is 26.2 Å². The lowest BCUT2D eigenvalue weighted by molar-refractivity contribution is -0.0479. The van der Waals surface area contributed by atoms with E-state index >= 15 is 0 Å². The summed E-state index contributed by atoms with van der Waals surface area (Å²) in [5.74, 6) is 0. The summed E-state index contributed by atoms with van der Waals surface area (Å²) in [6.45, 7) is 2.64. The molecule has 0 aromatic carbocycles. The smallest absolute Gasteiger partial charge is 0.0614 e. The predicted octanol–water partition coefficient (Wildman–Crippen LogP) is 0.264. The first-order valence-corrected chi connectivity index (χ1v) is 4.23. The molecule has 1 fully saturated rings. The molecular weight excluding hydrogens is 142 g/mol. The minimum atomic E-state index is -0.174. The topological polar surface area (TPSA) is 55.5 Å². The third-order valence-electron chi connectivity index (χ3n) is 1.97. The van der Waals surface area contributed by atoms with Crippen LogP contribution in [0.4, 0.5) is 0 Å². The average molecular weight is 159 g/mol. The van der Waals surface area contributed by atoms with Crippen molar-refractivity contribution in [3.63, 3.8) is 0 Å². The molecule has 0 aromatic heterocycles. The van der Waals surface area contributed by atoms with E-state index in [0.29, 0.717) is 6.61 Å². The summed E-state index contributed by atoms with van der Waals surface area (Å²) >= 11 is 0. The summed E-state index contributed by atoms with van der Waals surface area (Å²) < 4.78 is 5.42. The first-order valence-electron chi connectivity index (χ1n) is 4.23. The fraction of sp³-hybridized carbons (Fsp3) is 1.00. The third-order valence-corrected chi connectivity index (χ3v) is 1.97. The summed E-state index contributed by atoms with van der Waals surface area (Å²) in [7, 11) is 0. The molecule has 0 aliphatic carbocycles. The predicted molar refractivity (Wildman–Crippen MR) is 43.2 cm³/mol. The molecule has 11 heavy (non-hydrogen) atoms. The van der Waals surface area contributed by atoms with Gasteiger partial charge in [-0.25, -0.2) is 0 Å². The number of ether oxygens (including phenoxy) is 1. The highest BCUT2D eigenvalue weighted by Crippen LogP contribution is 2.16. The molecule has 0 radical (unpaired) electrons. The van der Waals surface area contributed by atoms with E-state index in [9.17, 15) is 5.11 Å². The molecule has 1 aliphatic heterocycles. The van der Waals surface area contributed by atoms with Crippen molar-refractivity contribution >= 4 is 0 Å². The molecule has 0 aromatic rings. The Kier molecular flexibility index (Phi) is 3.30. The van der Waals surface area contributed by atoms with Crippen LogP contribution in [0.2, 0.25) is 0 Å². The van der Waals surface area contributed by atoms with Gasteiger partial charge in [0.05, 0.1) is 12.2 Å². The molecule has 1 aliphatic rings. The maximum atomic E-state index is 9.27. The summed E-state index contributed by atoms with van der Waals surface area (Å²) in [5, 5.41) is 9.27. The van der Waals surface area contributed by atoms with E-state index in [1.165, 1.54) is 0 Å². The van der Waals surface area contributed by atoms with Crippen molar-refractivity contribution in [1.82, 2.24) is 0 Å². The Morgan fingerprint density at radius 1 is 1.73 bits per heavy atom. The fourth-order valence-electron chi connectivity index (χ4n) is 1.44. The van der Waals surface area contributed by atoms with Crippen molar-refractivity contribution in [2.75, 3.05) is 6.61 Å². The van der Waals surface area contributed by atoms with Crippen LogP contribution in [-0.2, 0) is 4.74 Å². The first kappa shape index (κ1) is 8.97. The number of nitrogens with two attached hydrogens (primary N) is 1. The van der Waals surface area contributed by atoms with Gasteiger partial charge in [-0.1, -0.05) is 0 Å². The minimum absolute atomic E-state index is 0.172. The number of rotatable bonds is 2. The summed E-state index contributed by atoms with van der Waals surface area (Å²) in [6, 6.07) is 0.172. The second kappa shape index (κ2) is 4.04. The van der Waals surface area contributed by atoms with E-state index in [1.807, 2.05) is 6.92 Å². The lowest BCUT2D eigenvalue weighted by Gasteiger charge is -2.27. The van der Waals surface area contributed by atoms with Crippen molar-refractivity contribution in [1.29, 1.82) is 0 Å². The van der Waals surface area contributed by atoms with E-state index in [4.69, 9.17) is 10.5 Å². The Balaban J connectivity index is 2.23. The van der Waals surface area contributed by atoms with Gasteiger partial charge in [-0.2, -0.15) is 0 Å². The Hall–Kier alpha value is -0.120. The van der Waals surface area contributed by atoms with E-state index < -0.39 is 0 Å². The molecule has 0 amide bonds. The normalized spacial score (nSPS) is 35.2. The van der Waals surface area contributed by atoms with Gasteiger partial charge in [0, 0.05) is 12.6 Å². The first-order chi connectivity index (χ1) is 5.18. The van der Waals surface area contributed by atoms with Crippen LogP contribution in [0, 0.1) is 0 Å². The molecule has 3 nitrogen and oxygen atoms in total. The van der Waals surface area contributed by atoms with Gasteiger partial charge >= 0.3 is 0 Å². The zero-order chi connectivity index (χ0) is 8.27. The summed E-state index contributed by atoms with van der Waals surface area (Å²) in [6.07, 6.45) is 2.39. The Bertz CT molecular complexity index is 115. The van der Waals surface area contributed by atoms with Gasteiger partial charge in [0.2, 0.25) is 0 Å². The average Bonchev–Trinajstić information content (AvgIpc) is 1.85. The lowest BCUT2D eigenvalue weighted by Crippen LogP contribution is -2.33. The van der Waals surface area contributed by atoms with Gasteiger partial charge in [-0.15, -0.1) is 0 Å². The molecule has 66 valence electrons. The molecule has 3 N–H and O–H groups in total. The summed E-state index contributed by atoms with van der Waals surface area (Å²) in [5.41, 5.74) is 5.61. The van der Waals surface area contributed by atoms with Gasteiger partial charge < -0.3 is 15.6 Å². The third kappa shape index (κ3) is 3.18. The zero-order valence-corrected chi connectivity index (χ0v) is 6.99. The van der Waals surface area contributed by atoms with E-state index in [0.717, 1.165) is 19.3 Å². The largest absolute Gasteiger partial charge is 0.393 e. The van der Waals surface area contributed by atoms with Crippen LogP contribution in [-0.4, -0.2) is 30.0 Å². The Morgan fingerprint density at radius 2 is 2.45 bits per heavy atom. The number of hydrogen-bond acceptors (Lipinski definition) is 3. The van der Waals surface area contributed by atoms with E-state index in [-0.39, 0.29) is 18.2 Å². The molecule has 3 unspecified atom stereocenters. The molecule has 0 saturated carbocycles. The number of aliphatic hydroxyl groups is 1. The molecule has 0 spiro atoms. The van der Waals surface area contributed by atoms with Crippen LogP contribution in [0.5, 0.6) is 0 Å². The van der Waals surface area contributed by atoms with Gasteiger partial charge in [0.15, 0.2) is 0 Å². The molecular formula is C8H17NO2. The second-order valence-corrected chi connectivity index (χ2v) is 3.38. The van der Waals surface area contributed by atoms with Crippen molar-refractivity contribution < 1.29 is 9.84 Å². The highest BCUT2D eigenvalue weighted by molar-refractivity contribution is 4.73. The van der Waals surface area contributed by atoms with E-state index in [2.05, 4.69) is 0 Å². The van der Waals surface area contributed by atoms with Crippen LogP contribution in [0.15, 0.2) is 0 Å². The van der Waals surface area contributed by atoms with Crippen LogP contribution < -0.4 is 5.73 Å². The number of hydrogen-bond donors (Lipinski definition) is 2. The van der Waals surface area contributed by atoms with Crippen molar-refractivity contribution in [2.45, 2.75) is 44.4 Å². The second-order valence-electron chi connectivity index (χ2n) is 3.38. The maximum Gasteiger partial charge on any atom is 0.0614 e. The molecule has 1 rings (SSSR count). The highest BCUT2D eigenvalue weighted by Gasteiger charge is 2.21. The van der Waals surface area contributed by atoms with Crippen molar-refractivity contribution in [3.05, 3.63) is 0 Å². The van der Waals surface area contributed by atoms with Crippen LogP contribution in [0.3, 0.4) is 0 Å². The lowest BCUT2D eigenvalue weighted by atomic mass is 10.0. The minimum Gasteiger partial charge on any atom is -0.393 e. The van der Waals surface area contributed by atoms with Gasteiger partial charge in [0.1, 0.15) is 0 Å².